The van der Waals surface area contributed by atoms with Gasteiger partial charge in [0.25, 0.3) is 0 Å². The lowest BCUT2D eigenvalue weighted by Gasteiger charge is -2.26. The van der Waals surface area contributed by atoms with Gasteiger partial charge in [0, 0.05) is 25.4 Å². The second-order valence-corrected chi connectivity index (χ2v) is 4.39. The summed E-state index contributed by atoms with van der Waals surface area (Å²) >= 11 is 0. The average molecular weight is 244 g/mol. The van der Waals surface area contributed by atoms with Crippen LogP contribution in [0.4, 0.5) is 0 Å². The van der Waals surface area contributed by atoms with Gasteiger partial charge in [0.15, 0.2) is 0 Å². The highest BCUT2D eigenvalue weighted by Crippen LogP contribution is 2.06. The van der Waals surface area contributed by atoms with Crippen LogP contribution in [0.3, 0.4) is 0 Å². The summed E-state index contributed by atoms with van der Waals surface area (Å²) in [6.07, 6.45) is 1.97. The quantitative estimate of drug-likeness (QED) is 0.596. The summed E-state index contributed by atoms with van der Waals surface area (Å²) in [5.74, 6) is -0.697. The number of carbonyl (C=O) groups is 2. The zero-order valence-corrected chi connectivity index (χ0v) is 11.0. The fourth-order valence-corrected chi connectivity index (χ4v) is 1.63. The van der Waals surface area contributed by atoms with E-state index in [4.69, 9.17) is 5.11 Å². The van der Waals surface area contributed by atoms with E-state index in [9.17, 15) is 9.59 Å². The molecule has 0 saturated carbocycles. The first kappa shape index (κ1) is 15.9. The van der Waals surface area contributed by atoms with E-state index in [0.29, 0.717) is 19.4 Å². The minimum atomic E-state index is -0.809. The van der Waals surface area contributed by atoms with E-state index < -0.39 is 5.97 Å². The molecule has 0 aromatic carbocycles. The number of carboxylic acids is 1. The Morgan fingerprint density at radius 2 is 1.88 bits per heavy atom. The molecule has 0 atom stereocenters. The smallest absolute Gasteiger partial charge is 0.303 e. The number of hydrogen-bond acceptors (Lipinski definition) is 3. The van der Waals surface area contributed by atoms with E-state index in [2.05, 4.69) is 5.32 Å². The zero-order chi connectivity index (χ0) is 13.3. The molecule has 0 bridgehead atoms. The number of carboxylic acid groups (broad SMARTS) is 1. The molecular weight excluding hydrogens is 220 g/mol. The Balaban J connectivity index is 4.03. The lowest BCUT2D eigenvalue weighted by atomic mass is 10.2. The summed E-state index contributed by atoms with van der Waals surface area (Å²) < 4.78 is 0. The second-order valence-electron chi connectivity index (χ2n) is 4.39. The molecule has 1 amide bonds. The highest BCUT2D eigenvalue weighted by molar-refractivity contribution is 5.76. The van der Waals surface area contributed by atoms with Crippen LogP contribution < -0.4 is 5.32 Å². The Morgan fingerprint density at radius 1 is 1.24 bits per heavy atom. The van der Waals surface area contributed by atoms with Crippen molar-refractivity contribution in [3.63, 3.8) is 0 Å². The normalized spacial score (nSPS) is 10.6. The highest BCUT2D eigenvalue weighted by atomic mass is 16.4. The molecule has 0 fully saturated rings. The van der Waals surface area contributed by atoms with Gasteiger partial charge < -0.3 is 15.3 Å². The zero-order valence-electron chi connectivity index (χ0n) is 11.0. The van der Waals surface area contributed by atoms with Crippen molar-refractivity contribution in [2.45, 2.75) is 45.6 Å². The fraction of sp³-hybridized carbons (Fsp3) is 0.833. The van der Waals surface area contributed by atoms with E-state index in [1.165, 1.54) is 0 Å². The van der Waals surface area contributed by atoms with Crippen LogP contribution in [0.15, 0.2) is 0 Å². The van der Waals surface area contributed by atoms with Gasteiger partial charge in [-0.05, 0) is 40.3 Å². The van der Waals surface area contributed by atoms with Crippen LogP contribution in [0.5, 0.6) is 0 Å². The number of aliphatic carboxylic acids is 1. The predicted octanol–water partition coefficient (Wildman–Crippen LogP) is 1.09. The Hall–Kier alpha value is -1.10. The Labute approximate surface area is 103 Å². The summed E-state index contributed by atoms with van der Waals surface area (Å²) in [7, 11) is 1.86. The molecular formula is C12H24N2O3. The Bertz CT molecular complexity index is 242. The maximum atomic E-state index is 11.9. The van der Waals surface area contributed by atoms with E-state index in [-0.39, 0.29) is 18.4 Å². The van der Waals surface area contributed by atoms with Gasteiger partial charge in [0.05, 0.1) is 0 Å². The molecule has 0 radical (unpaired) electrons. The summed E-state index contributed by atoms with van der Waals surface area (Å²) in [4.78, 5) is 24.1. The molecule has 17 heavy (non-hydrogen) atoms. The molecule has 0 unspecified atom stereocenters. The summed E-state index contributed by atoms with van der Waals surface area (Å²) in [6.45, 7) is 5.27. The Morgan fingerprint density at radius 3 is 2.35 bits per heavy atom. The second kappa shape index (κ2) is 8.98. The molecule has 0 aromatic heterocycles. The van der Waals surface area contributed by atoms with Crippen LogP contribution in [0.1, 0.15) is 39.5 Å². The maximum absolute atomic E-state index is 11.9. The van der Waals surface area contributed by atoms with Crippen LogP contribution in [-0.4, -0.2) is 48.1 Å². The van der Waals surface area contributed by atoms with Crippen molar-refractivity contribution in [3.8, 4) is 0 Å². The molecule has 5 heteroatoms. The van der Waals surface area contributed by atoms with Gasteiger partial charge in [-0.15, -0.1) is 0 Å². The van der Waals surface area contributed by atoms with Crippen molar-refractivity contribution >= 4 is 11.9 Å². The van der Waals surface area contributed by atoms with Crippen molar-refractivity contribution in [2.75, 3.05) is 20.1 Å². The number of nitrogens with one attached hydrogen (secondary N) is 1. The molecule has 0 aliphatic carbocycles. The number of carbonyl (C=O) groups excluding carboxylic acids is 1. The van der Waals surface area contributed by atoms with Gasteiger partial charge in [-0.25, -0.2) is 0 Å². The predicted molar refractivity (Wildman–Crippen MR) is 66.9 cm³/mol. The molecule has 0 aliphatic rings. The van der Waals surface area contributed by atoms with Crippen molar-refractivity contribution in [3.05, 3.63) is 0 Å². The summed E-state index contributed by atoms with van der Waals surface area (Å²) in [6, 6.07) is 0.130. The molecule has 100 valence electrons. The van der Waals surface area contributed by atoms with Gasteiger partial charge in [-0.2, -0.15) is 0 Å². The first-order chi connectivity index (χ1) is 7.99. The highest BCUT2D eigenvalue weighted by Gasteiger charge is 2.16. The standard InChI is InChI=1S/C12H24N2O3/c1-10(2)14(9-5-7-12(16)17)11(15)6-4-8-13-3/h10,13H,4-9H2,1-3H3,(H,16,17). The van der Waals surface area contributed by atoms with E-state index >= 15 is 0 Å². The van der Waals surface area contributed by atoms with Gasteiger partial charge in [-0.3, -0.25) is 9.59 Å². The minimum Gasteiger partial charge on any atom is -0.481 e. The first-order valence-corrected chi connectivity index (χ1v) is 6.15. The lowest BCUT2D eigenvalue weighted by Crippen LogP contribution is -2.38. The molecule has 0 aromatic rings. The first-order valence-electron chi connectivity index (χ1n) is 6.15. The lowest BCUT2D eigenvalue weighted by molar-refractivity contribution is -0.138. The molecule has 0 rings (SSSR count). The topological polar surface area (TPSA) is 69.6 Å². The van der Waals surface area contributed by atoms with Crippen molar-refractivity contribution in [1.29, 1.82) is 0 Å². The number of rotatable bonds is 9. The van der Waals surface area contributed by atoms with Gasteiger partial charge in [0.1, 0.15) is 0 Å². The summed E-state index contributed by atoms with van der Waals surface area (Å²) in [5, 5.41) is 11.6. The molecule has 0 spiro atoms. The molecule has 0 aliphatic heterocycles. The van der Waals surface area contributed by atoms with E-state index in [0.717, 1.165) is 13.0 Å². The van der Waals surface area contributed by atoms with Crippen molar-refractivity contribution in [2.24, 2.45) is 0 Å². The molecule has 0 saturated heterocycles. The molecule has 0 heterocycles. The monoisotopic (exact) mass is 244 g/mol. The minimum absolute atomic E-state index is 0.112. The fourth-order valence-electron chi connectivity index (χ4n) is 1.63. The van der Waals surface area contributed by atoms with Crippen LogP contribution in [0.25, 0.3) is 0 Å². The van der Waals surface area contributed by atoms with Gasteiger partial charge in [0.2, 0.25) is 5.91 Å². The van der Waals surface area contributed by atoms with Crippen LogP contribution in [-0.2, 0) is 9.59 Å². The average Bonchev–Trinajstić information content (AvgIpc) is 2.23. The van der Waals surface area contributed by atoms with Crippen molar-refractivity contribution in [1.82, 2.24) is 10.2 Å². The van der Waals surface area contributed by atoms with Crippen molar-refractivity contribution < 1.29 is 14.7 Å². The number of hydrogen-bond donors (Lipinski definition) is 2. The van der Waals surface area contributed by atoms with E-state index in [1.807, 2.05) is 20.9 Å². The third-order valence-corrected chi connectivity index (χ3v) is 2.55. The third-order valence-electron chi connectivity index (χ3n) is 2.55. The van der Waals surface area contributed by atoms with Crippen LogP contribution >= 0.6 is 0 Å². The molecule has 5 nitrogen and oxygen atoms in total. The van der Waals surface area contributed by atoms with Gasteiger partial charge in [-0.1, -0.05) is 0 Å². The largest absolute Gasteiger partial charge is 0.481 e. The van der Waals surface area contributed by atoms with Crippen LogP contribution in [0, 0.1) is 0 Å². The number of amides is 1. The molecule has 2 N–H and O–H groups in total. The SMILES string of the molecule is CNCCCC(=O)N(CCCC(=O)O)C(C)C. The number of nitrogens with zero attached hydrogens (tertiary/aromatic N) is 1. The van der Waals surface area contributed by atoms with E-state index in [1.54, 1.807) is 4.90 Å². The van der Waals surface area contributed by atoms with Crippen LogP contribution in [0.2, 0.25) is 0 Å². The third kappa shape index (κ3) is 7.74. The van der Waals surface area contributed by atoms with Gasteiger partial charge >= 0.3 is 5.97 Å². The maximum Gasteiger partial charge on any atom is 0.303 e. The summed E-state index contributed by atoms with van der Waals surface area (Å²) in [5.41, 5.74) is 0. The Kier molecular flexibility index (Phi) is 8.40.